The predicted octanol–water partition coefficient (Wildman–Crippen LogP) is 6.56. The molecule has 2 heteroatoms. The number of allylic oxidation sites excluding steroid dienone is 1. The molecule has 1 aromatic heterocycles. The minimum Gasteiger partial charge on any atom is -0.300 e. The fourth-order valence-corrected chi connectivity index (χ4v) is 4.84. The molecule has 2 aliphatic rings. The third-order valence-electron chi connectivity index (χ3n) is 6.35. The van der Waals surface area contributed by atoms with Crippen LogP contribution in [0.15, 0.2) is 42.6 Å². The lowest BCUT2D eigenvalue weighted by Crippen LogP contribution is -2.19. The summed E-state index contributed by atoms with van der Waals surface area (Å²) in [6.07, 6.45) is 14.5. The van der Waals surface area contributed by atoms with Crippen LogP contribution in [-0.2, 0) is 17.6 Å². The van der Waals surface area contributed by atoms with Crippen LogP contribution in [0.4, 0.5) is 0 Å². The Balaban J connectivity index is 0.00000150. The van der Waals surface area contributed by atoms with Crippen molar-refractivity contribution in [3.05, 3.63) is 70.6 Å². The van der Waals surface area contributed by atoms with E-state index >= 15 is 0 Å². The zero-order chi connectivity index (χ0) is 18.6. The average molecular weight is 366 g/mol. The van der Waals surface area contributed by atoms with E-state index in [1.165, 1.54) is 47.2 Å². The van der Waals surface area contributed by atoms with Gasteiger partial charge in [-0.3, -0.25) is 9.78 Å². The number of benzene rings is 1. The number of Topliss-reactive ketones (excluding diaryl/α,β-unsaturated/α-hetero) is 1. The molecule has 0 bridgehead atoms. The second-order valence-corrected chi connectivity index (χ2v) is 8.27. The second-order valence-electron chi connectivity index (χ2n) is 8.27. The van der Waals surface area contributed by atoms with E-state index in [2.05, 4.69) is 49.4 Å². The van der Waals surface area contributed by atoms with E-state index in [1.807, 2.05) is 6.20 Å². The zero-order valence-corrected chi connectivity index (χ0v) is 16.3. The van der Waals surface area contributed by atoms with E-state index in [0.29, 0.717) is 24.0 Å². The fraction of sp³-hybridized carbons (Fsp3) is 0.440. The Kier molecular flexibility index (Phi) is 5.52. The van der Waals surface area contributed by atoms with Crippen molar-refractivity contribution in [2.45, 2.75) is 64.2 Å². The van der Waals surface area contributed by atoms with E-state index in [-0.39, 0.29) is 4.28 Å². The highest BCUT2D eigenvalue weighted by molar-refractivity contribution is 5.79. The molecule has 0 saturated heterocycles. The minimum atomic E-state index is 0. The smallest absolute Gasteiger partial charge is 0.133 e. The zero-order valence-electron chi connectivity index (χ0n) is 16.3. The molecule has 2 atom stereocenters. The van der Waals surface area contributed by atoms with Crippen LogP contribution in [-0.4, -0.2) is 10.8 Å². The summed E-state index contributed by atoms with van der Waals surface area (Å²) in [6.45, 7) is 2.13. The molecule has 0 N–H and O–H groups in total. The quantitative estimate of drug-likeness (QED) is 0.580. The lowest BCUT2D eigenvalue weighted by atomic mass is 9.76. The van der Waals surface area contributed by atoms with Gasteiger partial charge in [0, 0.05) is 29.2 Å². The number of carbonyl (C=O) groups excluding carboxylic acids is 1. The van der Waals surface area contributed by atoms with Crippen LogP contribution in [0.2, 0.25) is 0 Å². The van der Waals surface area contributed by atoms with Crippen molar-refractivity contribution in [3.63, 3.8) is 0 Å². The van der Waals surface area contributed by atoms with Gasteiger partial charge < -0.3 is 0 Å². The van der Waals surface area contributed by atoms with Gasteiger partial charge in [-0.25, -0.2) is 0 Å². The molecule has 4 rings (SSSR count). The number of aryl methyl sites for hydroxylation is 2. The third-order valence-corrected chi connectivity index (χ3v) is 6.35. The van der Waals surface area contributed by atoms with Gasteiger partial charge >= 0.3 is 0 Å². The maximum Gasteiger partial charge on any atom is 0.133 e. The standard InChI is InChI=1S/C25H29NO.3H2/c1-18-6-2-3-8-20(18)12-13-23(27)17-19-7-4-10-22(16-19)25-24-11-5-9-21(24)14-15-26-25;;;/h2-3,5-6,8,11,14-15,19,22H,4,7,9-10,12-13,16-17H2,1H3;3*1H/t19-,22?;;;/m1.../s1. The molecule has 0 radical (unpaired) electrons. The molecule has 0 aliphatic heterocycles. The molecule has 0 spiro atoms. The maximum atomic E-state index is 12.6. The molecular weight excluding hydrogens is 330 g/mol. The number of hydrogen-bond acceptors (Lipinski definition) is 2. The summed E-state index contributed by atoms with van der Waals surface area (Å²) in [4.78, 5) is 17.3. The van der Waals surface area contributed by atoms with E-state index in [9.17, 15) is 4.79 Å². The number of aromatic nitrogens is 1. The highest BCUT2D eigenvalue weighted by Gasteiger charge is 2.28. The van der Waals surface area contributed by atoms with Gasteiger partial charge in [-0.05, 0) is 73.3 Å². The summed E-state index contributed by atoms with van der Waals surface area (Å²) in [6, 6.07) is 10.6. The third kappa shape index (κ3) is 4.21. The highest BCUT2D eigenvalue weighted by atomic mass is 16.1. The molecule has 1 unspecified atom stereocenters. The van der Waals surface area contributed by atoms with Crippen molar-refractivity contribution in [1.82, 2.24) is 4.98 Å². The predicted molar refractivity (Wildman–Crippen MR) is 117 cm³/mol. The average Bonchev–Trinajstić information content (AvgIpc) is 3.16. The lowest BCUT2D eigenvalue weighted by molar-refractivity contribution is -0.120. The Bertz CT molecular complexity index is 865. The van der Waals surface area contributed by atoms with Gasteiger partial charge in [0.05, 0.1) is 5.69 Å². The number of fused-ring (bicyclic) bond motifs is 1. The lowest BCUT2D eigenvalue weighted by Gasteiger charge is -2.29. The van der Waals surface area contributed by atoms with Gasteiger partial charge in [-0.1, -0.05) is 42.8 Å². The molecule has 1 saturated carbocycles. The Morgan fingerprint density at radius 3 is 3.00 bits per heavy atom. The molecule has 146 valence electrons. The normalized spacial score (nSPS) is 21.2. The summed E-state index contributed by atoms with van der Waals surface area (Å²) in [5.41, 5.74) is 6.65. The van der Waals surface area contributed by atoms with Crippen LogP contribution in [0, 0.1) is 12.8 Å². The van der Waals surface area contributed by atoms with Gasteiger partial charge in [0.15, 0.2) is 0 Å². The summed E-state index contributed by atoms with van der Waals surface area (Å²) >= 11 is 0. The maximum absolute atomic E-state index is 12.6. The number of carbonyl (C=O) groups is 1. The first-order valence-corrected chi connectivity index (χ1v) is 10.4. The summed E-state index contributed by atoms with van der Waals surface area (Å²) in [7, 11) is 0. The second kappa shape index (κ2) is 8.21. The van der Waals surface area contributed by atoms with Gasteiger partial charge in [-0.2, -0.15) is 0 Å². The summed E-state index contributed by atoms with van der Waals surface area (Å²) in [5.74, 6) is 1.47. The molecule has 2 aromatic rings. The first-order valence-electron chi connectivity index (χ1n) is 10.4. The first-order chi connectivity index (χ1) is 13.2. The monoisotopic (exact) mass is 365 g/mol. The SMILES string of the molecule is Cc1ccccc1CCC(=O)C[C@@H]1CCCC(c2nccc3c2C=CC3)C1.[HH].[HH].[HH]. The number of rotatable bonds is 6. The molecule has 1 fully saturated rings. The summed E-state index contributed by atoms with van der Waals surface area (Å²) in [5, 5.41) is 0. The Morgan fingerprint density at radius 1 is 1.22 bits per heavy atom. The Morgan fingerprint density at radius 2 is 2.11 bits per heavy atom. The van der Waals surface area contributed by atoms with Crippen LogP contribution in [0.5, 0.6) is 0 Å². The Labute approximate surface area is 167 Å². The van der Waals surface area contributed by atoms with Crippen LogP contribution < -0.4 is 0 Å². The molecule has 0 amide bonds. The van der Waals surface area contributed by atoms with Gasteiger partial charge in [0.25, 0.3) is 0 Å². The number of pyridine rings is 1. The van der Waals surface area contributed by atoms with Crippen molar-refractivity contribution < 1.29 is 9.07 Å². The van der Waals surface area contributed by atoms with Crippen LogP contribution in [0.1, 0.15) is 76.7 Å². The number of ketones is 1. The first kappa shape index (κ1) is 18.2. The van der Waals surface area contributed by atoms with Gasteiger partial charge in [-0.15, -0.1) is 0 Å². The largest absolute Gasteiger partial charge is 0.300 e. The van der Waals surface area contributed by atoms with E-state index in [1.54, 1.807) is 0 Å². The van der Waals surface area contributed by atoms with Gasteiger partial charge in [0.2, 0.25) is 0 Å². The van der Waals surface area contributed by atoms with E-state index in [4.69, 9.17) is 4.98 Å². The van der Waals surface area contributed by atoms with Crippen LogP contribution in [0.3, 0.4) is 0 Å². The van der Waals surface area contributed by atoms with Crippen molar-refractivity contribution in [3.8, 4) is 0 Å². The molecule has 2 aliphatic carbocycles. The topological polar surface area (TPSA) is 30.0 Å². The molecule has 27 heavy (non-hydrogen) atoms. The van der Waals surface area contributed by atoms with E-state index < -0.39 is 0 Å². The van der Waals surface area contributed by atoms with Crippen molar-refractivity contribution in [2.24, 2.45) is 5.92 Å². The molecule has 2 nitrogen and oxygen atoms in total. The van der Waals surface area contributed by atoms with Crippen molar-refractivity contribution in [2.75, 3.05) is 0 Å². The van der Waals surface area contributed by atoms with Crippen molar-refractivity contribution >= 4 is 11.9 Å². The number of hydrogen-bond donors (Lipinski definition) is 0. The minimum absolute atomic E-state index is 0. The van der Waals surface area contributed by atoms with Crippen LogP contribution >= 0.6 is 0 Å². The fourth-order valence-electron chi connectivity index (χ4n) is 4.84. The molecule has 1 heterocycles. The van der Waals surface area contributed by atoms with E-state index in [0.717, 1.165) is 25.7 Å². The summed E-state index contributed by atoms with van der Waals surface area (Å²) < 4.78 is 0. The number of nitrogens with zero attached hydrogens (tertiary/aromatic N) is 1. The molecule has 1 aromatic carbocycles. The van der Waals surface area contributed by atoms with Gasteiger partial charge in [0.1, 0.15) is 5.78 Å². The Hall–Kier alpha value is -2.22. The van der Waals surface area contributed by atoms with Crippen molar-refractivity contribution in [1.29, 1.82) is 0 Å². The molecular formula is C25H35NO. The van der Waals surface area contributed by atoms with Crippen LogP contribution in [0.25, 0.3) is 6.08 Å². The highest BCUT2D eigenvalue weighted by Crippen LogP contribution is 2.40.